The van der Waals surface area contributed by atoms with Crippen LogP contribution in [0.1, 0.15) is 78.1 Å². The van der Waals surface area contributed by atoms with E-state index in [1.807, 2.05) is 6.08 Å². The number of aliphatic hydroxyl groups excluding tert-OH is 1. The smallest absolute Gasteiger partial charge is 0.417 e. The zero-order valence-electron chi connectivity index (χ0n) is 19.7. The lowest BCUT2D eigenvalue weighted by Gasteiger charge is -2.59. The number of ether oxygens (including phenoxy) is 1. The summed E-state index contributed by atoms with van der Waals surface area (Å²) >= 11 is 0. The van der Waals surface area contributed by atoms with E-state index in [0.29, 0.717) is 12.8 Å². The zero-order chi connectivity index (χ0) is 23.2. The van der Waals surface area contributed by atoms with Crippen molar-refractivity contribution in [3.8, 4) is 0 Å². The molecule has 6 nitrogen and oxygen atoms in total. The second kappa shape index (κ2) is 7.03. The lowest BCUT2D eigenvalue weighted by molar-refractivity contribution is -0.170. The molecule has 5 fully saturated rings. The molecule has 33 heavy (non-hydrogen) atoms. The summed E-state index contributed by atoms with van der Waals surface area (Å²) in [6.07, 6.45) is 12.8. The normalized spacial score (nSPS) is 47.3. The highest BCUT2D eigenvalue weighted by molar-refractivity contribution is 6.04. The Hall–Kier alpha value is -1.95. The molecule has 0 radical (unpaired) electrons. The lowest BCUT2D eigenvalue weighted by Crippen LogP contribution is -2.61. The molecule has 2 amide bonds. The number of carbonyl (C=O) groups is 3. The summed E-state index contributed by atoms with van der Waals surface area (Å²) in [4.78, 5) is 40.5. The van der Waals surface area contributed by atoms with E-state index in [4.69, 9.17) is 4.74 Å². The molecule has 4 saturated carbocycles. The highest BCUT2D eigenvalue weighted by Crippen LogP contribution is 2.68. The van der Waals surface area contributed by atoms with Gasteiger partial charge in [0.1, 0.15) is 0 Å². The van der Waals surface area contributed by atoms with Crippen molar-refractivity contribution >= 4 is 17.8 Å². The summed E-state index contributed by atoms with van der Waals surface area (Å²) in [5, 5.41) is 11.6. The lowest BCUT2D eigenvalue weighted by atomic mass is 9.46. The Morgan fingerprint density at radius 1 is 1.06 bits per heavy atom. The third-order valence-electron chi connectivity index (χ3n) is 10.6. The maximum Gasteiger partial charge on any atom is 0.417 e. The van der Waals surface area contributed by atoms with Crippen molar-refractivity contribution in [1.29, 1.82) is 0 Å². The minimum Gasteiger partial charge on any atom is -0.432 e. The number of nitrogens with zero attached hydrogens (tertiary/aromatic N) is 1. The number of hydrogen-bond donors (Lipinski definition) is 1. The van der Waals surface area contributed by atoms with E-state index in [-0.39, 0.29) is 40.9 Å². The van der Waals surface area contributed by atoms with Gasteiger partial charge in [-0.1, -0.05) is 44.8 Å². The molecular formula is C27H35NO5. The highest BCUT2D eigenvalue weighted by atomic mass is 16.6. The average Bonchev–Trinajstić information content (AvgIpc) is 3.21. The quantitative estimate of drug-likeness (QED) is 0.639. The Morgan fingerprint density at radius 3 is 2.58 bits per heavy atom. The standard InChI is InChI=1S/C27H35NO5/c1-25-12-10-18(29)14-16(25)8-9-19-20-11-13-27(26(20,2)15-21(30)22(19)25)23(31)28(24(32)33-27)17-6-4-3-5-7-17/h10,12,14,17,19-22,30H,3-9,11,13,15H2,1-2H3/t19-,20-,21-,22+,25-,26-,27-/m0/s1. The minimum absolute atomic E-state index is 0.0109. The molecule has 0 unspecified atom stereocenters. The summed E-state index contributed by atoms with van der Waals surface area (Å²) < 4.78 is 6.09. The van der Waals surface area contributed by atoms with Crippen molar-refractivity contribution in [1.82, 2.24) is 4.90 Å². The molecule has 0 bridgehead atoms. The van der Waals surface area contributed by atoms with E-state index >= 15 is 0 Å². The van der Waals surface area contributed by atoms with Gasteiger partial charge < -0.3 is 9.84 Å². The van der Waals surface area contributed by atoms with Gasteiger partial charge in [-0.15, -0.1) is 0 Å². The molecule has 7 atom stereocenters. The van der Waals surface area contributed by atoms with Crippen LogP contribution in [0.5, 0.6) is 0 Å². The van der Waals surface area contributed by atoms with Gasteiger partial charge in [0.25, 0.3) is 5.91 Å². The molecule has 6 rings (SSSR count). The second-order valence-electron chi connectivity index (χ2n) is 11.9. The fraction of sp³-hybridized carbons (Fsp3) is 0.741. The molecule has 1 heterocycles. The summed E-state index contributed by atoms with van der Waals surface area (Å²) in [5.74, 6) is 0.325. The first-order valence-corrected chi connectivity index (χ1v) is 12.9. The van der Waals surface area contributed by atoms with Crippen LogP contribution in [-0.4, -0.2) is 45.5 Å². The number of amides is 2. The van der Waals surface area contributed by atoms with E-state index in [1.54, 1.807) is 12.2 Å². The van der Waals surface area contributed by atoms with Crippen LogP contribution < -0.4 is 0 Å². The summed E-state index contributed by atoms with van der Waals surface area (Å²) in [6.45, 7) is 4.24. The molecule has 178 valence electrons. The van der Waals surface area contributed by atoms with E-state index in [1.165, 1.54) is 4.90 Å². The number of rotatable bonds is 1. The molecule has 1 aliphatic heterocycles. The maximum absolute atomic E-state index is 13.9. The predicted molar refractivity (Wildman–Crippen MR) is 121 cm³/mol. The largest absolute Gasteiger partial charge is 0.432 e. The average molecular weight is 454 g/mol. The van der Waals surface area contributed by atoms with Gasteiger partial charge in [0, 0.05) is 22.8 Å². The van der Waals surface area contributed by atoms with E-state index in [0.717, 1.165) is 56.9 Å². The van der Waals surface area contributed by atoms with Crippen molar-refractivity contribution in [3.63, 3.8) is 0 Å². The van der Waals surface area contributed by atoms with Crippen LogP contribution in [-0.2, 0) is 14.3 Å². The number of carbonyl (C=O) groups excluding carboxylic acids is 3. The van der Waals surface area contributed by atoms with Gasteiger partial charge in [0.05, 0.1) is 6.10 Å². The van der Waals surface area contributed by atoms with E-state index in [2.05, 4.69) is 13.8 Å². The van der Waals surface area contributed by atoms with Crippen molar-refractivity contribution in [2.45, 2.75) is 95.8 Å². The van der Waals surface area contributed by atoms with Gasteiger partial charge in [-0.2, -0.15) is 0 Å². The molecule has 0 aromatic heterocycles. The number of allylic oxidation sites excluding steroid dienone is 4. The Bertz CT molecular complexity index is 979. The van der Waals surface area contributed by atoms with E-state index in [9.17, 15) is 19.5 Å². The molecule has 0 aromatic rings. The van der Waals surface area contributed by atoms with Gasteiger partial charge in [0.2, 0.25) is 0 Å². The molecule has 0 aromatic carbocycles. The van der Waals surface area contributed by atoms with Gasteiger partial charge in [0.15, 0.2) is 11.4 Å². The molecule has 1 spiro atoms. The number of aliphatic hydroxyl groups is 1. The third kappa shape index (κ3) is 2.67. The van der Waals surface area contributed by atoms with Crippen molar-refractivity contribution in [2.24, 2.45) is 28.6 Å². The Labute approximate surface area is 195 Å². The second-order valence-corrected chi connectivity index (χ2v) is 11.9. The summed E-state index contributed by atoms with van der Waals surface area (Å²) in [5.41, 5.74) is -0.931. The van der Waals surface area contributed by atoms with Gasteiger partial charge in [-0.3, -0.25) is 9.59 Å². The van der Waals surface area contributed by atoms with Crippen LogP contribution in [0.2, 0.25) is 0 Å². The molecule has 1 saturated heterocycles. The number of fused-ring (bicyclic) bond motifs is 6. The van der Waals surface area contributed by atoms with Crippen molar-refractivity contribution < 1.29 is 24.2 Å². The van der Waals surface area contributed by atoms with Gasteiger partial charge in [-0.25, -0.2) is 9.69 Å². The summed E-state index contributed by atoms with van der Waals surface area (Å²) in [7, 11) is 0. The molecule has 5 aliphatic carbocycles. The van der Waals surface area contributed by atoms with Crippen LogP contribution in [0.15, 0.2) is 23.8 Å². The Kier molecular flexibility index (Phi) is 4.60. The van der Waals surface area contributed by atoms with Gasteiger partial charge in [-0.05, 0) is 68.9 Å². The monoisotopic (exact) mass is 453 g/mol. The van der Waals surface area contributed by atoms with Crippen LogP contribution in [0.4, 0.5) is 4.79 Å². The van der Waals surface area contributed by atoms with Crippen molar-refractivity contribution in [3.05, 3.63) is 23.8 Å². The first-order chi connectivity index (χ1) is 15.7. The molecule has 6 heteroatoms. The molecule has 6 aliphatic rings. The fourth-order valence-electron chi connectivity index (χ4n) is 9.01. The minimum atomic E-state index is -1.15. The SMILES string of the molecule is C[C@]12C=CC(=O)C=C1CC[C@@H]1[C@@H]2[C@@H](O)C[C@@]2(C)[C@H]1CC[C@@]21OC(=O)N(C2CCCCC2)C1=O. The highest BCUT2D eigenvalue weighted by Gasteiger charge is 2.74. The maximum atomic E-state index is 13.9. The molecule has 1 N–H and O–H groups in total. The number of imide groups is 1. The van der Waals surface area contributed by atoms with Gasteiger partial charge >= 0.3 is 6.09 Å². The topological polar surface area (TPSA) is 83.9 Å². The Balaban J connectivity index is 1.35. The number of hydrogen-bond acceptors (Lipinski definition) is 5. The zero-order valence-corrected chi connectivity index (χ0v) is 19.7. The number of ketones is 1. The van der Waals surface area contributed by atoms with Crippen molar-refractivity contribution in [2.75, 3.05) is 0 Å². The van der Waals surface area contributed by atoms with Crippen LogP contribution in [0.25, 0.3) is 0 Å². The first-order valence-electron chi connectivity index (χ1n) is 12.9. The predicted octanol–water partition coefficient (Wildman–Crippen LogP) is 4.32. The third-order valence-corrected chi connectivity index (χ3v) is 10.6. The fourth-order valence-corrected chi connectivity index (χ4v) is 9.01. The summed E-state index contributed by atoms with van der Waals surface area (Å²) in [6, 6.07) is -0.0479. The molecular weight excluding hydrogens is 418 g/mol. The Morgan fingerprint density at radius 2 is 1.82 bits per heavy atom. The van der Waals surface area contributed by atoms with Crippen LogP contribution in [0.3, 0.4) is 0 Å². The first kappa shape index (κ1) is 21.6. The van der Waals surface area contributed by atoms with E-state index < -0.39 is 23.2 Å². The van der Waals surface area contributed by atoms with Crippen LogP contribution in [0, 0.1) is 28.6 Å². The van der Waals surface area contributed by atoms with Crippen LogP contribution >= 0.6 is 0 Å².